The van der Waals surface area contributed by atoms with Crippen molar-refractivity contribution in [1.82, 2.24) is 0 Å². The number of amides is 2. The van der Waals surface area contributed by atoms with Gasteiger partial charge in [0.2, 0.25) is 0 Å². The molecular weight excluding hydrogens is 278 g/mol. The van der Waals surface area contributed by atoms with E-state index in [0.717, 1.165) is 10.3 Å². The van der Waals surface area contributed by atoms with E-state index in [9.17, 15) is 14.7 Å². The van der Waals surface area contributed by atoms with Gasteiger partial charge in [-0.3, -0.25) is 9.59 Å². The normalized spacial score (nSPS) is 13.7. The van der Waals surface area contributed by atoms with Crippen LogP contribution in [0.3, 0.4) is 0 Å². The zero-order valence-electron chi connectivity index (χ0n) is 11.5. The minimum absolute atomic E-state index is 0.0764. The van der Waals surface area contributed by atoms with Crippen molar-refractivity contribution in [3.8, 4) is 5.75 Å². The monoisotopic (exact) mass is 289 g/mol. The number of carbonyl (C=O) groups is 2. The average Bonchev–Trinajstić information content (AvgIpc) is 2.80. The molecule has 1 aliphatic rings. The number of rotatable bonds is 1. The lowest BCUT2D eigenvalue weighted by Gasteiger charge is -2.13. The number of para-hydroxylation sites is 1. The van der Waals surface area contributed by atoms with E-state index in [2.05, 4.69) is 0 Å². The first-order valence-corrected chi connectivity index (χ1v) is 6.87. The molecule has 0 radical (unpaired) electrons. The summed E-state index contributed by atoms with van der Waals surface area (Å²) in [4.78, 5) is 26.3. The second-order valence-electron chi connectivity index (χ2n) is 5.15. The molecule has 0 saturated carbocycles. The quantitative estimate of drug-likeness (QED) is 0.699. The van der Waals surface area contributed by atoms with Crippen LogP contribution in [0.25, 0.3) is 10.8 Å². The second-order valence-corrected chi connectivity index (χ2v) is 5.15. The molecule has 2 amide bonds. The summed E-state index contributed by atoms with van der Waals surface area (Å²) in [7, 11) is 0. The molecule has 0 aliphatic carbocycles. The third-order valence-electron chi connectivity index (χ3n) is 3.89. The van der Waals surface area contributed by atoms with Crippen LogP contribution in [-0.2, 0) is 0 Å². The second kappa shape index (κ2) is 4.43. The summed E-state index contributed by atoms with van der Waals surface area (Å²) in [5, 5.41) is 11.7. The zero-order chi connectivity index (χ0) is 15.3. The molecule has 1 aliphatic heterocycles. The van der Waals surface area contributed by atoms with Gasteiger partial charge >= 0.3 is 0 Å². The SMILES string of the molecule is O=C1c2cc3ccccc3c(O)c2C(=O)N1c1ccccc1. The number of fused-ring (bicyclic) bond motifs is 2. The van der Waals surface area contributed by atoms with Gasteiger partial charge in [0.1, 0.15) is 5.75 Å². The average molecular weight is 289 g/mol. The zero-order valence-corrected chi connectivity index (χ0v) is 11.5. The summed E-state index contributed by atoms with van der Waals surface area (Å²) in [5.41, 5.74) is 0.815. The Hall–Kier alpha value is -3.14. The fraction of sp³-hybridized carbons (Fsp3) is 0. The lowest BCUT2D eigenvalue weighted by Crippen LogP contribution is -2.29. The highest BCUT2D eigenvalue weighted by molar-refractivity contribution is 6.36. The van der Waals surface area contributed by atoms with Gasteiger partial charge in [0, 0.05) is 5.39 Å². The number of aromatic hydroxyl groups is 1. The number of nitrogens with zero attached hydrogens (tertiary/aromatic N) is 1. The summed E-state index contributed by atoms with van der Waals surface area (Å²) in [6.45, 7) is 0. The van der Waals surface area contributed by atoms with Gasteiger partial charge < -0.3 is 5.11 Å². The van der Waals surface area contributed by atoms with Gasteiger partial charge in [0.05, 0.1) is 16.8 Å². The Balaban J connectivity index is 1.98. The number of hydrogen-bond acceptors (Lipinski definition) is 3. The summed E-state index contributed by atoms with van der Waals surface area (Å²) in [6, 6.07) is 17.5. The van der Waals surface area contributed by atoms with Crippen molar-refractivity contribution in [2.45, 2.75) is 0 Å². The summed E-state index contributed by atoms with van der Waals surface area (Å²) in [6.07, 6.45) is 0. The Kier molecular flexibility index (Phi) is 2.53. The van der Waals surface area contributed by atoms with Crippen LogP contribution in [0, 0.1) is 0 Å². The van der Waals surface area contributed by atoms with Gasteiger partial charge in [-0.25, -0.2) is 4.90 Å². The van der Waals surface area contributed by atoms with Gasteiger partial charge in [-0.1, -0.05) is 42.5 Å². The number of carbonyl (C=O) groups excluding carboxylic acids is 2. The lowest BCUT2D eigenvalue weighted by molar-refractivity contribution is 0.0925. The lowest BCUT2D eigenvalue weighted by atomic mass is 10.0. The molecule has 0 spiro atoms. The number of imide groups is 1. The largest absolute Gasteiger partial charge is 0.506 e. The van der Waals surface area contributed by atoms with Crippen LogP contribution in [0.15, 0.2) is 60.7 Å². The molecule has 3 aromatic carbocycles. The van der Waals surface area contributed by atoms with E-state index in [1.807, 2.05) is 12.1 Å². The molecule has 0 saturated heterocycles. The predicted octanol–water partition coefficient (Wildman–Crippen LogP) is 3.35. The third-order valence-corrected chi connectivity index (χ3v) is 3.89. The van der Waals surface area contributed by atoms with Gasteiger partial charge in [-0.2, -0.15) is 0 Å². The van der Waals surface area contributed by atoms with Crippen LogP contribution in [-0.4, -0.2) is 16.9 Å². The van der Waals surface area contributed by atoms with E-state index in [0.29, 0.717) is 11.1 Å². The first-order chi connectivity index (χ1) is 10.7. The number of benzene rings is 3. The standard InChI is InChI=1S/C18H11NO3/c20-16-13-9-5-4-6-11(13)10-14-15(16)18(22)19(17(14)21)12-7-2-1-3-8-12/h1-10,20H. The fourth-order valence-electron chi connectivity index (χ4n) is 2.85. The maximum atomic E-state index is 12.6. The Bertz CT molecular complexity index is 932. The van der Waals surface area contributed by atoms with E-state index in [1.165, 1.54) is 0 Å². The molecule has 0 fully saturated rings. The van der Waals surface area contributed by atoms with Crippen molar-refractivity contribution in [1.29, 1.82) is 0 Å². The number of phenols is 1. The van der Waals surface area contributed by atoms with Gasteiger partial charge in [-0.15, -0.1) is 0 Å². The topological polar surface area (TPSA) is 57.6 Å². The maximum absolute atomic E-state index is 12.6. The van der Waals surface area contributed by atoms with Crippen molar-refractivity contribution in [3.05, 3.63) is 71.8 Å². The molecule has 4 heteroatoms. The molecule has 4 rings (SSSR count). The summed E-state index contributed by atoms with van der Waals surface area (Å²) in [5.74, 6) is -1.04. The molecule has 0 aromatic heterocycles. The highest BCUT2D eigenvalue weighted by Crippen LogP contribution is 2.38. The predicted molar refractivity (Wildman–Crippen MR) is 83.2 cm³/mol. The van der Waals surface area contributed by atoms with Crippen LogP contribution < -0.4 is 4.90 Å². The van der Waals surface area contributed by atoms with Gasteiger partial charge in [-0.05, 0) is 23.6 Å². The molecule has 0 unspecified atom stereocenters. The third kappa shape index (κ3) is 1.58. The highest BCUT2D eigenvalue weighted by Gasteiger charge is 2.39. The Labute approximate surface area is 126 Å². The molecule has 0 atom stereocenters. The van der Waals surface area contributed by atoms with E-state index >= 15 is 0 Å². The fourth-order valence-corrected chi connectivity index (χ4v) is 2.85. The van der Waals surface area contributed by atoms with Crippen LogP contribution in [0.1, 0.15) is 20.7 Å². The van der Waals surface area contributed by atoms with Crippen LogP contribution in [0.4, 0.5) is 5.69 Å². The Morgan fingerprint density at radius 2 is 1.50 bits per heavy atom. The van der Waals surface area contributed by atoms with Crippen LogP contribution >= 0.6 is 0 Å². The summed E-state index contributed by atoms with van der Waals surface area (Å²) >= 11 is 0. The number of anilines is 1. The van der Waals surface area contributed by atoms with E-state index in [4.69, 9.17) is 0 Å². The molecule has 3 aromatic rings. The van der Waals surface area contributed by atoms with Crippen molar-refractivity contribution >= 4 is 28.3 Å². The van der Waals surface area contributed by atoms with E-state index < -0.39 is 11.8 Å². The first kappa shape index (κ1) is 12.6. The van der Waals surface area contributed by atoms with E-state index in [-0.39, 0.29) is 16.9 Å². The molecular formula is C18H11NO3. The van der Waals surface area contributed by atoms with Gasteiger partial charge in [0.25, 0.3) is 11.8 Å². The van der Waals surface area contributed by atoms with Crippen LogP contribution in [0.5, 0.6) is 5.75 Å². The highest BCUT2D eigenvalue weighted by atomic mass is 16.3. The Morgan fingerprint density at radius 3 is 2.27 bits per heavy atom. The molecule has 4 nitrogen and oxygen atoms in total. The minimum atomic E-state index is -0.491. The molecule has 1 N–H and O–H groups in total. The number of phenolic OH excluding ortho intramolecular Hbond substituents is 1. The van der Waals surface area contributed by atoms with Crippen molar-refractivity contribution < 1.29 is 14.7 Å². The maximum Gasteiger partial charge on any atom is 0.269 e. The van der Waals surface area contributed by atoms with Crippen molar-refractivity contribution in [2.75, 3.05) is 4.90 Å². The molecule has 22 heavy (non-hydrogen) atoms. The number of hydrogen-bond donors (Lipinski definition) is 1. The summed E-state index contributed by atoms with van der Waals surface area (Å²) < 4.78 is 0. The Morgan fingerprint density at radius 1 is 0.818 bits per heavy atom. The smallest absolute Gasteiger partial charge is 0.269 e. The van der Waals surface area contributed by atoms with Crippen molar-refractivity contribution in [2.24, 2.45) is 0 Å². The van der Waals surface area contributed by atoms with Crippen molar-refractivity contribution in [3.63, 3.8) is 0 Å². The minimum Gasteiger partial charge on any atom is -0.506 e. The molecule has 106 valence electrons. The van der Waals surface area contributed by atoms with E-state index in [1.54, 1.807) is 48.5 Å². The first-order valence-electron chi connectivity index (χ1n) is 6.87. The van der Waals surface area contributed by atoms with Crippen LogP contribution in [0.2, 0.25) is 0 Å². The van der Waals surface area contributed by atoms with Gasteiger partial charge in [0.15, 0.2) is 0 Å². The molecule has 0 bridgehead atoms. The molecule has 1 heterocycles.